The second-order valence-electron chi connectivity index (χ2n) is 8.14. The molecule has 10 heteroatoms. The Hall–Kier alpha value is -2.92. The third kappa shape index (κ3) is 7.07. The number of rotatable bonds is 8. The fourth-order valence-corrected chi connectivity index (χ4v) is 3.93. The highest BCUT2D eigenvalue weighted by molar-refractivity contribution is 5.85. The van der Waals surface area contributed by atoms with Crippen LogP contribution in [0.25, 0.3) is 12.2 Å². The predicted molar refractivity (Wildman–Crippen MR) is 128 cm³/mol. The van der Waals surface area contributed by atoms with Crippen LogP contribution in [0.4, 0.5) is 23.7 Å². The molecule has 196 valence electrons. The first-order valence-corrected chi connectivity index (χ1v) is 11.4. The van der Waals surface area contributed by atoms with Crippen LogP contribution in [0.5, 0.6) is 0 Å². The van der Waals surface area contributed by atoms with Crippen molar-refractivity contribution in [3.05, 3.63) is 65.2 Å². The second-order valence-corrected chi connectivity index (χ2v) is 8.14. The summed E-state index contributed by atoms with van der Waals surface area (Å²) in [5, 5.41) is 2.64. The molecule has 2 aromatic rings. The Morgan fingerprint density at radius 2 is 1.50 bits per heavy atom. The van der Waals surface area contributed by atoms with Crippen LogP contribution in [0.1, 0.15) is 30.5 Å². The van der Waals surface area contributed by atoms with Gasteiger partial charge in [-0.1, -0.05) is 36.4 Å². The van der Waals surface area contributed by atoms with E-state index in [9.17, 15) is 18.0 Å². The van der Waals surface area contributed by atoms with Crippen LogP contribution in [-0.4, -0.2) is 57.6 Å². The highest BCUT2D eigenvalue weighted by Crippen LogP contribution is 2.30. The summed E-state index contributed by atoms with van der Waals surface area (Å²) in [6.07, 6.45) is -4.59. The van der Waals surface area contributed by atoms with Crippen LogP contribution >= 0.6 is 0 Å². The number of nitrogens with one attached hydrogen (secondary N) is 1. The maximum atomic E-state index is 12.7. The van der Waals surface area contributed by atoms with E-state index in [1.807, 2.05) is 6.92 Å². The van der Waals surface area contributed by atoms with Crippen molar-refractivity contribution in [2.75, 3.05) is 26.1 Å². The maximum absolute atomic E-state index is 12.7. The number of amides is 1. The van der Waals surface area contributed by atoms with Gasteiger partial charge in [0.2, 0.25) is 6.29 Å². The van der Waals surface area contributed by atoms with Crippen LogP contribution in [0, 0.1) is 0 Å². The van der Waals surface area contributed by atoms with Crippen LogP contribution in [0.15, 0.2) is 48.5 Å². The zero-order valence-electron chi connectivity index (χ0n) is 20.5. The number of ether oxygens (including phenoxy) is 5. The zero-order chi connectivity index (χ0) is 26.3. The highest BCUT2D eigenvalue weighted by atomic mass is 19.4. The zero-order valence-corrected chi connectivity index (χ0v) is 20.5. The van der Waals surface area contributed by atoms with E-state index in [0.29, 0.717) is 17.9 Å². The first-order valence-electron chi connectivity index (χ1n) is 11.4. The number of carbonyl (C=O) groups excluding carboxylic acids is 1. The van der Waals surface area contributed by atoms with Crippen molar-refractivity contribution in [2.24, 2.45) is 0 Å². The molecule has 2 aromatic carbocycles. The van der Waals surface area contributed by atoms with E-state index in [0.717, 1.165) is 17.7 Å². The van der Waals surface area contributed by atoms with Gasteiger partial charge in [0.25, 0.3) is 0 Å². The molecule has 36 heavy (non-hydrogen) atoms. The Morgan fingerprint density at radius 3 is 2.00 bits per heavy atom. The molecule has 1 heterocycles. The number of hydrogen-bond acceptors (Lipinski definition) is 6. The average Bonchev–Trinajstić information content (AvgIpc) is 2.84. The molecule has 1 aliphatic heterocycles. The van der Waals surface area contributed by atoms with Gasteiger partial charge in [-0.15, -0.1) is 0 Å². The third-order valence-electron chi connectivity index (χ3n) is 5.72. The van der Waals surface area contributed by atoms with E-state index in [4.69, 9.17) is 23.7 Å². The van der Waals surface area contributed by atoms with Gasteiger partial charge in [0.1, 0.15) is 18.3 Å². The molecule has 0 spiro atoms. The Balaban J connectivity index is 1.59. The molecule has 3 rings (SSSR count). The quantitative estimate of drug-likeness (QED) is 0.467. The molecule has 1 aliphatic rings. The van der Waals surface area contributed by atoms with E-state index >= 15 is 0 Å². The Kier molecular flexibility index (Phi) is 9.49. The van der Waals surface area contributed by atoms with Crippen LogP contribution in [0.2, 0.25) is 0 Å². The topological polar surface area (TPSA) is 75.2 Å². The van der Waals surface area contributed by atoms with E-state index < -0.39 is 42.4 Å². The summed E-state index contributed by atoms with van der Waals surface area (Å²) in [7, 11) is 3.04. The van der Waals surface area contributed by atoms with Gasteiger partial charge in [-0.3, -0.25) is 5.32 Å². The highest BCUT2D eigenvalue weighted by Gasteiger charge is 2.47. The molecular formula is C26H30F3NO6. The first-order chi connectivity index (χ1) is 17.2. The van der Waals surface area contributed by atoms with Gasteiger partial charge in [-0.25, -0.2) is 4.79 Å². The molecule has 0 aromatic heterocycles. The fourth-order valence-electron chi connectivity index (χ4n) is 3.93. The lowest BCUT2D eigenvalue weighted by Gasteiger charge is -2.43. The van der Waals surface area contributed by atoms with Crippen molar-refractivity contribution in [2.45, 2.75) is 50.7 Å². The molecule has 0 aliphatic carbocycles. The summed E-state index contributed by atoms with van der Waals surface area (Å²) in [4.78, 5) is 12.5. The molecule has 5 unspecified atom stereocenters. The molecule has 0 radical (unpaired) electrons. The minimum Gasteiger partial charge on any atom is -0.416 e. The van der Waals surface area contributed by atoms with Crippen molar-refractivity contribution < 1.29 is 41.7 Å². The Bertz CT molecular complexity index is 1010. The number of alkyl halides is 3. The van der Waals surface area contributed by atoms with Crippen molar-refractivity contribution in [3.63, 3.8) is 0 Å². The van der Waals surface area contributed by atoms with Gasteiger partial charge in [0, 0.05) is 26.5 Å². The van der Waals surface area contributed by atoms with Crippen molar-refractivity contribution in [1.29, 1.82) is 0 Å². The fraction of sp³-hybridized carbons (Fsp3) is 0.423. The molecule has 1 fully saturated rings. The van der Waals surface area contributed by atoms with E-state index in [1.54, 1.807) is 50.5 Å². The minimum absolute atomic E-state index is 0.388. The standard InChI is InChI=1S/C26H30F3NO6/c1-5-34-22-21(32-3)16(2)35-24(23(22)33-4)36-25(31)30-20-14-10-18(11-15-20)7-6-17-8-12-19(13-9-17)26(27,28)29/h6-16,21-24H,5H2,1-4H3,(H,30,31). The van der Waals surface area contributed by atoms with Crippen LogP contribution in [-0.2, 0) is 29.9 Å². The average molecular weight is 510 g/mol. The molecule has 5 atom stereocenters. The summed E-state index contributed by atoms with van der Waals surface area (Å²) < 4.78 is 66.1. The van der Waals surface area contributed by atoms with Gasteiger partial charge in [0.05, 0.1) is 11.7 Å². The lowest BCUT2D eigenvalue weighted by molar-refractivity contribution is -0.292. The SMILES string of the molecule is CCOC1C(OC)C(C)OC(OC(=O)Nc2ccc(C=Cc3ccc(C(F)(F)F)cc3)cc2)C1OC. The molecule has 7 nitrogen and oxygen atoms in total. The number of benzene rings is 2. The molecule has 1 N–H and O–H groups in total. The summed E-state index contributed by atoms with van der Waals surface area (Å²) in [5.41, 5.74) is 1.21. The largest absolute Gasteiger partial charge is 0.416 e. The van der Waals surface area contributed by atoms with Gasteiger partial charge < -0.3 is 23.7 Å². The van der Waals surface area contributed by atoms with Crippen LogP contribution < -0.4 is 5.32 Å². The summed E-state index contributed by atoms with van der Waals surface area (Å²) in [6, 6.07) is 11.7. The van der Waals surface area contributed by atoms with E-state index in [2.05, 4.69) is 5.32 Å². The minimum atomic E-state index is -4.37. The second kappa shape index (κ2) is 12.4. The van der Waals surface area contributed by atoms with Crippen LogP contribution in [0.3, 0.4) is 0 Å². The number of hydrogen-bond donors (Lipinski definition) is 1. The molecule has 0 bridgehead atoms. The monoisotopic (exact) mass is 509 g/mol. The van der Waals surface area contributed by atoms with Crippen molar-refractivity contribution in [1.82, 2.24) is 0 Å². The van der Waals surface area contributed by atoms with Crippen molar-refractivity contribution >= 4 is 23.9 Å². The van der Waals surface area contributed by atoms with Gasteiger partial charge >= 0.3 is 12.3 Å². The lowest BCUT2D eigenvalue weighted by atomic mass is 9.99. The number of anilines is 1. The molecule has 1 saturated heterocycles. The van der Waals surface area contributed by atoms with Crippen molar-refractivity contribution in [3.8, 4) is 0 Å². The summed E-state index contributed by atoms with van der Waals surface area (Å²) >= 11 is 0. The number of halogens is 3. The molecule has 1 amide bonds. The first kappa shape index (κ1) is 27.7. The van der Waals surface area contributed by atoms with E-state index in [1.165, 1.54) is 19.2 Å². The van der Waals surface area contributed by atoms with Gasteiger partial charge in [0.15, 0.2) is 0 Å². The number of carbonyl (C=O) groups is 1. The Labute approximate surface area is 208 Å². The summed E-state index contributed by atoms with van der Waals surface area (Å²) in [5.74, 6) is 0. The van der Waals surface area contributed by atoms with E-state index in [-0.39, 0.29) is 6.10 Å². The smallest absolute Gasteiger partial charge is 0.416 e. The maximum Gasteiger partial charge on any atom is 0.416 e. The molecule has 0 saturated carbocycles. The summed E-state index contributed by atoms with van der Waals surface area (Å²) in [6.45, 7) is 4.08. The van der Waals surface area contributed by atoms with Gasteiger partial charge in [-0.2, -0.15) is 13.2 Å². The predicted octanol–water partition coefficient (Wildman–Crippen LogP) is 5.60. The third-order valence-corrected chi connectivity index (χ3v) is 5.72. The normalized spacial score (nSPS) is 24.6. The number of methoxy groups -OCH3 is 2. The molecular weight excluding hydrogens is 479 g/mol. The lowest BCUT2D eigenvalue weighted by Crippen LogP contribution is -2.60. The Morgan fingerprint density at radius 1 is 0.944 bits per heavy atom. The van der Waals surface area contributed by atoms with Gasteiger partial charge in [-0.05, 0) is 49.2 Å².